The van der Waals surface area contributed by atoms with Crippen molar-refractivity contribution in [2.24, 2.45) is 0 Å². The highest BCUT2D eigenvalue weighted by Gasteiger charge is 2.30. The summed E-state index contributed by atoms with van der Waals surface area (Å²) < 4.78 is 21.2. The van der Waals surface area contributed by atoms with Gasteiger partial charge in [0, 0.05) is 19.4 Å². The van der Waals surface area contributed by atoms with Crippen LogP contribution in [0.2, 0.25) is 0 Å². The van der Waals surface area contributed by atoms with Crippen molar-refractivity contribution >= 4 is 41.9 Å². The Morgan fingerprint density at radius 1 is 0.571 bits per heavy atom. The number of aliphatic carboxylic acids is 1. The summed E-state index contributed by atoms with van der Waals surface area (Å²) in [5.41, 5.74) is -0.224. The summed E-state index contributed by atoms with van der Waals surface area (Å²) in [7, 11) is 0. The van der Waals surface area contributed by atoms with Crippen molar-refractivity contribution in [2.45, 2.75) is 129 Å². The molecule has 4 amide bonds. The fourth-order valence-electron chi connectivity index (χ4n) is 4.92. The number of esters is 2. The average molecular weight is 785 g/mol. The molecule has 2 aromatic rings. The minimum Gasteiger partial charge on any atom is -0.480 e. The van der Waals surface area contributed by atoms with E-state index in [4.69, 9.17) is 18.9 Å². The Hall–Kier alpha value is -5.67. The first kappa shape index (κ1) is 46.5. The first-order chi connectivity index (χ1) is 26.3. The van der Waals surface area contributed by atoms with Crippen LogP contribution in [0, 0.1) is 0 Å². The second kappa shape index (κ2) is 23.3. The summed E-state index contributed by atoms with van der Waals surface area (Å²) in [5.74, 6) is -3.83. The maximum absolute atomic E-state index is 12.8. The molecule has 0 spiro atoms. The van der Waals surface area contributed by atoms with Crippen molar-refractivity contribution in [3.8, 4) is 0 Å². The number of alkyl carbamates (subject to hydrolysis) is 2. The predicted octanol–water partition coefficient (Wildman–Crippen LogP) is 4.68. The summed E-state index contributed by atoms with van der Waals surface area (Å²) in [6, 6.07) is 14.3. The predicted molar refractivity (Wildman–Crippen MR) is 204 cm³/mol. The minimum atomic E-state index is -1.27. The third kappa shape index (κ3) is 20.7. The van der Waals surface area contributed by atoms with E-state index in [1.165, 1.54) is 0 Å². The molecule has 0 aliphatic carbocycles. The number of carboxylic acids is 1. The molecule has 3 atom stereocenters. The Balaban J connectivity index is 1.81. The minimum absolute atomic E-state index is 0.0133. The molecule has 0 fully saturated rings. The van der Waals surface area contributed by atoms with Crippen LogP contribution in [-0.4, -0.2) is 82.9 Å². The molecule has 0 saturated heterocycles. The van der Waals surface area contributed by atoms with Crippen LogP contribution in [0.15, 0.2) is 60.7 Å². The van der Waals surface area contributed by atoms with Gasteiger partial charge >= 0.3 is 30.1 Å². The summed E-state index contributed by atoms with van der Waals surface area (Å²) in [5, 5.41) is 19.8. The molecular weight excluding hydrogens is 728 g/mol. The van der Waals surface area contributed by atoms with Gasteiger partial charge in [-0.05, 0) is 84.8 Å². The van der Waals surface area contributed by atoms with Crippen LogP contribution in [0.3, 0.4) is 0 Å². The van der Waals surface area contributed by atoms with Crippen molar-refractivity contribution in [2.75, 3.05) is 6.54 Å². The highest BCUT2D eigenvalue weighted by Crippen LogP contribution is 2.14. The topological polar surface area (TPSA) is 225 Å². The molecule has 0 aliphatic heterocycles. The van der Waals surface area contributed by atoms with Crippen LogP contribution in [-0.2, 0) is 56.1 Å². The maximum Gasteiger partial charge on any atom is 0.408 e. The first-order valence-electron chi connectivity index (χ1n) is 18.5. The number of benzene rings is 2. The highest BCUT2D eigenvalue weighted by atomic mass is 16.6. The van der Waals surface area contributed by atoms with Gasteiger partial charge in [0.05, 0.1) is 0 Å². The van der Waals surface area contributed by atoms with Crippen LogP contribution in [0.4, 0.5) is 9.59 Å². The summed E-state index contributed by atoms with van der Waals surface area (Å²) in [6.45, 7) is 10.1. The molecule has 2 aromatic carbocycles. The van der Waals surface area contributed by atoms with Crippen LogP contribution in [0.1, 0.15) is 97.6 Å². The smallest absolute Gasteiger partial charge is 0.408 e. The second-order valence-electron chi connectivity index (χ2n) is 15.0. The molecule has 0 aromatic heterocycles. The zero-order chi connectivity index (χ0) is 41.7. The summed E-state index contributed by atoms with van der Waals surface area (Å²) in [4.78, 5) is 87.8. The van der Waals surface area contributed by atoms with Crippen molar-refractivity contribution < 1.29 is 57.6 Å². The average Bonchev–Trinajstić information content (AvgIpc) is 3.11. The Morgan fingerprint density at radius 3 is 1.41 bits per heavy atom. The number of carbonyl (C=O) groups is 7. The fourth-order valence-corrected chi connectivity index (χ4v) is 4.92. The first-order valence-corrected chi connectivity index (χ1v) is 18.5. The molecule has 0 bridgehead atoms. The standard InChI is InChI=1S/C40H56N4O12/c1-39(2,3)55-35(49)30(43-37(51)53-25-27-15-9-7-10-16-27)20-22-32(45)41-24-14-13-19-29(34(47)48)42-33(46)23-21-31(36(50)56-40(4,5)6)44-38(52)54-26-28-17-11-8-12-18-28/h7-12,15-18,29-31H,13-14,19-26H2,1-6H3,(H,41,45)(H,42,46)(H,43,51)(H,44,52)(H,47,48)/t29-,30-,31-/m0/s1. The highest BCUT2D eigenvalue weighted by molar-refractivity contribution is 5.86. The number of hydrogen-bond acceptors (Lipinski definition) is 11. The number of carbonyl (C=O) groups excluding carboxylic acids is 6. The Labute approximate surface area is 327 Å². The number of nitrogens with one attached hydrogen (secondary N) is 4. The molecule has 0 aliphatic rings. The largest absolute Gasteiger partial charge is 0.480 e. The van der Waals surface area contributed by atoms with Crippen LogP contribution in [0.25, 0.3) is 0 Å². The molecule has 0 unspecified atom stereocenters. The summed E-state index contributed by atoms with van der Waals surface area (Å²) >= 11 is 0. The van der Waals surface area contributed by atoms with E-state index < -0.39 is 71.2 Å². The molecule has 0 radical (unpaired) electrons. The third-order valence-electron chi connectivity index (χ3n) is 7.59. The van der Waals surface area contributed by atoms with E-state index in [2.05, 4.69) is 21.3 Å². The van der Waals surface area contributed by atoms with Gasteiger partial charge in [-0.25, -0.2) is 24.0 Å². The van der Waals surface area contributed by atoms with Crippen molar-refractivity contribution in [3.63, 3.8) is 0 Å². The lowest BCUT2D eigenvalue weighted by Gasteiger charge is -2.24. The van der Waals surface area contributed by atoms with Gasteiger partial charge in [-0.15, -0.1) is 0 Å². The SMILES string of the molecule is CC(C)(C)OC(=O)[C@H](CCC(=O)NCCCC[C@H](NC(=O)CC[C@H](NC(=O)OCc1ccccc1)C(=O)OC(C)(C)C)C(=O)O)NC(=O)OCc1ccccc1. The van der Waals surface area contributed by atoms with Gasteiger partial charge in [-0.3, -0.25) is 9.59 Å². The van der Waals surface area contributed by atoms with Gasteiger partial charge < -0.3 is 45.3 Å². The van der Waals surface area contributed by atoms with Crippen LogP contribution >= 0.6 is 0 Å². The van der Waals surface area contributed by atoms with Crippen LogP contribution < -0.4 is 21.3 Å². The number of amides is 4. The molecule has 16 heteroatoms. The molecule has 0 saturated carbocycles. The zero-order valence-corrected chi connectivity index (χ0v) is 33.0. The molecule has 0 heterocycles. The van der Waals surface area contributed by atoms with E-state index >= 15 is 0 Å². The van der Waals surface area contributed by atoms with Gasteiger partial charge in [0.2, 0.25) is 11.8 Å². The van der Waals surface area contributed by atoms with Gasteiger partial charge in [-0.1, -0.05) is 60.7 Å². The Morgan fingerprint density at radius 2 is 1.00 bits per heavy atom. The van der Waals surface area contributed by atoms with Crippen molar-refractivity contribution in [1.82, 2.24) is 21.3 Å². The van der Waals surface area contributed by atoms with E-state index in [-0.39, 0.29) is 51.9 Å². The third-order valence-corrected chi connectivity index (χ3v) is 7.59. The monoisotopic (exact) mass is 784 g/mol. The lowest BCUT2D eigenvalue weighted by atomic mass is 10.1. The van der Waals surface area contributed by atoms with E-state index in [1.807, 2.05) is 12.1 Å². The Bertz CT molecular complexity index is 1590. The maximum atomic E-state index is 12.8. The molecule has 2 rings (SSSR count). The lowest BCUT2D eigenvalue weighted by Crippen LogP contribution is -2.46. The van der Waals surface area contributed by atoms with E-state index in [1.54, 1.807) is 90.1 Å². The van der Waals surface area contributed by atoms with Gasteiger partial charge in [0.25, 0.3) is 0 Å². The van der Waals surface area contributed by atoms with E-state index in [0.717, 1.165) is 11.1 Å². The quantitative estimate of drug-likeness (QED) is 0.0662. The lowest BCUT2D eigenvalue weighted by molar-refractivity contribution is -0.158. The van der Waals surface area contributed by atoms with Gasteiger partial charge in [0.15, 0.2) is 0 Å². The molecular formula is C40H56N4O12. The molecule has 5 N–H and O–H groups in total. The second-order valence-corrected chi connectivity index (χ2v) is 15.0. The number of rotatable bonds is 21. The van der Waals surface area contributed by atoms with Gasteiger partial charge in [0.1, 0.15) is 42.5 Å². The number of unbranched alkanes of at least 4 members (excludes halogenated alkanes) is 1. The zero-order valence-electron chi connectivity index (χ0n) is 33.0. The Kier molecular flexibility index (Phi) is 19.3. The number of hydrogen-bond donors (Lipinski definition) is 5. The van der Waals surface area contributed by atoms with Crippen LogP contribution in [0.5, 0.6) is 0 Å². The molecule has 56 heavy (non-hydrogen) atoms. The molecule has 16 nitrogen and oxygen atoms in total. The van der Waals surface area contributed by atoms with Crippen molar-refractivity contribution in [1.29, 1.82) is 0 Å². The normalized spacial score (nSPS) is 12.8. The summed E-state index contributed by atoms with van der Waals surface area (Å²) in [6.07, 6.45) is -1.66. The fraction of sp³-hybridized carbons (Fsp3) is 0.525. The van der Waals surface area contributed by atoms with Crippen molar-refractivity contribution in [3.05, 3.63) is 71.8 Å². The van der Waals surface area contributed by atoms with E-state index in [0.29, 0.717) is 12.8 Å². The van der Waals surface area contributed by atoms with Gasteiger partial charge in [-0.2, -0.15) is 0 Å². The number of ether oxygens (including phenoxy) is 4. The molecule has 308 valence electrons. The number of carboxylic acid groups (broad SMARTS) is 1. The van der Waals surface area contributed by atoms with E-state index in [9.17, 15) is 38.7 Å².